The fraction of sp³-hybridized carbons (Fsp3) is 0.592. The van der Waals surface area contributed by atoms with Crippen molar-refractivity contribution in [3.63, 3.8) is 0 Å². The maximum atomic E-state index is 14.4. The van der Waals surface area contributed by atoms with Gasteiger partial charge < -0.3 is 24.8 Å². The number of likely N-dealkylation sites (tertiary alicyclic amines) is 2. The predicted octanol–water partition coefficient (Wildman–Crippen LogP) is 7.18. The number of nitrogens with one attached hydrogen (secondary N) is 2. The molecule has 2 N–H and O–H groups in total. The van der Waals surface area contributed by atoms with Crippen molar-refractivity contribution in [3.8, 4) is 0 Å². The van der Waals surface area contributed by atoms with Gasteiger partial charge in [-0.3, -0.25) is 34.1 Å². The highest BCUT2D eigenvalue weighted by molar-refractivity contribution is 6.08. The van der Waals surface area contributed by atoms with E-state index >= 15 is 0 Å². The second-order valence-electron chi connectivity index (χ2n) is 20.6. The van der Waals surface area contributed by atoms with E-state index in [1.165, 1.54) is 21.8 Å². The Morgan fingerprint density at radius 2 is 1.71 bits per heavy atom. The Kier molecular flexibility index (Phi) is 13.3. The molecule has 364 valence electrons. The smallest absolute Gasteiger partial charge is 0.328 e. The van der Waals surface area contributed by atoms with E-state index in [-0.39, 0.29) is 65.0 Å². The maximum Gasteiger partial charge on any atom is 0.328 e. The zero-order chi connectivity index (χ0) is 47.9. The van der Waals surface area contributed by atoms with Crippen LogP contribution in [0, 0.1) is 24.2 Å². The van der Waals surface area contributed by atoms with Gasteiger partial charge in [0.1, 0.15) is 17.0 Å². The van der Waals surface area contributed by atoms with Crippen molar-refractivity contribution in [3.05, 3.63) is 65.2 Å². The third kappa shape index (κ3) is 10.2. The summed E-state index contributed by atoms with van der Waals surface area (Å²) >= 11 is 0. The van der Waals surface area contributed by atoms with E-state index in [1.807, 2.05) is 49.6 Å². The van der Waals surface area contributed by atoms with Gasteiger partial charge >= 0.3 is 12.0 Å². The molecule has 5 aliphatic rings. The van der Waals surface area contributed by atoms with Crippen LogP contribution >= 0.6 is 0 Å². The molecule has 68 heavy (non-hydrogen) atoms. The van der Waals surface area contributed by atoms with Crippen LogP contribution in [-0.4, -0.2) is 122 Å². The molecule has 1 spiro atoms. The van der Waals surface area contributed by atoms with Crippen LogP contribution in [0.3, 0.4) is 0 Å². The molecule has 9 rings (SSSR count). The van der Waals surface area contributed by atoms with E-state index in [0.717, 1.165) is 83.0 Å². The number of benzene rings is 1. The molecule has 5 fully saturated rings. The molecule has 0 unspecified atom stereocenters. The molecule has 1 aromatic carbocycles. The largest absolute Gasteiger partial charge is 0.460 e. The Labute approximate surface area is 394 Å². The minimum Gasteiger partial charge on any atom is -0.460 e. The monoisotopic (exact) mass is 939 g/mol. The topological polar surface area (TPSA) is 180 Å². The lowest BCUT2D eigenvalue weighted by Crippen LogP contribution is -2.50. The third-order valence-electron chi connectivity index (χ3n) is 14.8. The molecule has 17 nitrogen and oxygen atoms in total. The molecular formula is C49H63F2N11O6. The number of ether oxygens (including phenoxy) is 1. The fourth-order valence-electron chi connectivity index (χ4n) is 10.9. The zero-order valence-electron chi connectivity index (χ0n) is 39.5. The van der Waals surface area contributed by atoms with Crippen molar-refractivity contribution in [2.45, 2.75) is 116 Å². The number of aromatic nitrogens is 5. The molecule has 4 aliphatic heterocycles. The molecule has 19 heteroatoms. The number of carbonyl (C=O) groups excluding carboxylic acids is 5. The highest BCUT2D eigenvalue weighted by atomic mass is 19.3. The first kappa shape index (κ1) is 47.1. The molecule has 0 radical (unpaired) electrons. The lowest BCUT2D eigenvalue weighted by atomic mass is 9.65. The highest BCUT2D eigenvalue weighted by Crippen LogP contribution is 2.47. The minimum absolute atomic E-state index is 0.0327. The van der Waals surface area contributed by atoms with Gasteiger partial charge in [0.25, 0.3) is 18.2 Å². The van der Waals surface area contributed by atoms with Gasteiger partial charge in [0.05, 0.1) is 23.8 Å². The van der Waals surface area contributed by atoms with Crippen molar-refractivity contribution < 1.29 is 37.5 Å². The standard InChI is InChI=1S/C49H63F2N11O6/c1-31-7-8-33(26-38(31)60-22-14-40(63)55-47(60)67)45(65)58-24-17-49(18-25-58)15-9-32(10-16-49)28-57-20-11-35(12-21-57)62-30-37(41(56-62)42(50)51)53-44(64)36-27-52-61-23-13-39(54-43(36)61)59-19-5-6-34(29-59)46(66)68-48(2,3)4/h7-8,13,23,26-27,30,32,34-35,42H,5-6,9-12,14-22,24-25,28-29H2,1-4H3,(H,53,64)(H,55,63,67)/t34-/m0/s1. The predicted molar refractivity (Wildman–Crippen MR) is 250 cm³/mol. The van der Waals surface area contributed by atoms with E-state index in [4.69, 9.17) is 9.72 Å². The second-order valence-corrected chi connectivity index (χ2v) is 20.6. The average Bonchev–Trinajstić information content (AvgIpc) is 3.95. The first-order valence-electron chi connectivity index (χ1n) is 24.3. The Morgan fingerprint density at radius 1 is 0.956 bits per heavy atom. The Morgan fingerprint density at radius 3 is 2.41 bits per heavy atom. The number of aryl methyl sites for hydroxylation is 1. The highest BCUT2D eigenvalue weighted by Gasteiger charge is 2.40. The number of alkyl halides is 2. The van der Waals surface area contributed by atoms with Gasteiger partial charge in [-0.05, 0) is 127 Å². The van der Waals surface area contributed by atoms with Crippen LogP contribution in [0.4, 0.5) is 30.8 Å². The van der Waals surface area contributed by atoms with Crippen molar-refractivity contribution in [1.82, 2.24) is 39.5 Å². The van der Waals surface area contributed by atoms with Gasteiger partial charge in [0.2, 0.25) is 5.91 Å². The van der Waals surface area contributed by atoms with Crippen molar-refractivity contribution in [2.24, 2.45) is 17.3 Å². The number of urea groups is 1. The maximum absolute atomic E-state index is 14.4. The summed E-state index contributed by atoms with van der Waals surface area (Å²) in [4.78, 5) is 77.2. The van der Waals surface area contributed by atoms with Crippen LogP contribution in [0.5, 0.6) is 0 Å². The lowest BCUT2D eigenvalue weighted by molar-refractivity contribution is -0.160. The van der Waals surface area contributed by atoms with Crippen molar-refractivity contribution in [2.75, 3.05) is 67.5 Å². The van der Waals surface area contributed by atoms with E-state index in [2.05, 4.69) is 25.7 Å². The van der Waals surface area contributed by atoms with Crippen molar-refractivity contribution >= 4 is 52.6 Å². The SMILES string of the molecule is Cc1ccc(C(=O)N2CCC3(CCC(CN4CCC(n5cc(NC(=O)c6cnn7ccc(N8CCC[C@H](C(=O)OC(C)(C)C)C8)nc67)c(C(F)F)n5)CC4)CC3)CC2)cc1N1CCC(=O)NC1=O. The first-order chi connectivity index (χ1) is 32.5. The average molecular weight is 940 g/mol. The Hall–Kier alpha value is -5.98. The number of anilines is 3. The number of halogens is 2. The van der Waals surface area contributed by atoms with Crippen LogP contribution < -0.4 is 20.4 Å². The molecule has 4 saturated heterocycles. The molecule has 5 amide bonds. The number of esters is 1. The quantitative estimate of drug-likeness (QED) is 0.154. The molecule has 4 aromatic rings. The zero-order valence-corrected chi connectivity index (χ0v) is 39.5. The van der Waals surface area contributed by atoms with Gasteiger partial charge in [-0.15, -0.1) is 0 Å². The summed E-state index contributed by atoms with van der Waals surface area (Å²) in [6.45, 7) is 12.8. The first-order valence-corrected chi connectivity index (χ1v) is 24.3. The molecular weight excluding hydrogens is 877 g/mol. The van der Waals surface area contributed by atoms with Crippen LogP contribution in [0.2, 0.25) is 0 Å². The molecule has 0 bridgehead atoms. The number of hydrogen-bond donors (Lipinski definition) is 2. The summed E-state index contributed by atoms with van der Waals surface area (Å²) in [6.07, 6.45) is 11.3. The van der Waals surface area contributed by atoms with Gasteiger partial charge in [-0.2, -0.15) is 10.2 Å². The Bertz CT molecular complexity index is 2550. The van der Waals surface area contributed by atoms with E-state index in [9.17, 15) is 32.8 Å². The number of carbonyl (C=O) groups is 5. The van der Waals surface area contributed by atoms with E-state index < -0.39 is 29.7 Å². The van der Waals surface area contributed by atoms with Crippen molar-refractivity contribution in [1.29, 1.82) is 0 Å². The molecule has 1 saturated carbocycles. The Balaban J connectivity index is 0.752. The summed E-state index contributed by atoms with van der Waals surface area (Å²) in [5.74, 6) is -0.367. The summed E-state index contributed by atoms with van der Waals surface area (Å²) in [7, 11) is 0. The number of rotatable bonds is 10. The van der Waals surface area contributed by atoms with E-state index in [1.54, 1.807) is 23.0 Å². The fourth-order valence-corrected chi connectivity index (χ4v) is 10.9. The van der Waals surface area contributed by atoms with Crippen LogP contribution in [0.1, 0.15) is 136 Å². The summed E-state index contributed by atoms with van der Waals surface area (Å²) in [5, 5.41) is 13.7. The number of amides is 5. The van der Waals surface area contributed by atoms with Gasteiger partial charge in [0.15, 0.2) is 11.3 Å². The lowest BCUT2D eigenvalue weighted by Gasteiger charge is -2.47. The second kappa shape index (κ2) is 19.2. The molecule has 7 heterocycles. The molecule has 1 aliphatic carbocycles. The summed E-state index contributed by atoms with van der Waals surface area (Å²) < 4.78 is 37.6. The summed E-state index contributed by atoms with van der Waals surface area (Å²) in [5.41, 5.74) is 1.58. The minimum atomic E-state index is -2.90. The number of hydrogen-bond acceptors (Lipinski definition) is 11. The normalized spacial score (nSPS) is 21.2. The van der Waals surface area contributed by atoms with Crippen LogP contribution in [0.25, 0.3) is 5.65 Å². The number of fused-ring (bicyclic) bond motifs is 1. The van der Waals surface area contributed by atoms with Crippen LogP contribution in [-0.2, 0) is 14.3 Å². The van der Waals surface area contributed by atoms with Gasteiger partial charge in [0, 0.05) is 82.4 Å². The van der Waals surface area contributed by atoms with Gasteiger partial charge in [-0.1, -0.05) is 6.07 Å². The number of piperidine rings is 3. The number of imide groups is 1. The third-order valence-corrected chi connectivity index (χ3v) is 14.8. The molecule has 1 atom stereocenters. The number of nitrogens with zero attached hydrogens (tertiary/aromatic N) is 9. The van der Waals surface area contributed by atoms with Gasteiger partial charge in [-0.25, -0.2) is 23.1 Å². The van der Waals surface area contributed by atoms with E-state index in [0.29, 0.717) is 55.6 Å². The van der Waals surface area contributed by atoms with Crippen LogP contribution in [0.15, 0.2) is 42.9 Å². The molecule has 3 aromatic heterocycles. The summed E-state index contributed by atoms with van der Waals surface area (Å²) in [6, 6.07) is 6.69.